The fourth-order valence-corrected chi connectivity index (χ4v) is 4.15. The van der Waals surface area contributed by atoms with E-state index in [9.17, 15) is 39.6 Å². The minimum Gasteiger partial charge on any atom is -0.274 e. The van der Waals surface area contributed by atoms with Gasteiger partial charge in [-0.1, -0.05) is 13.8 Å². The molecule has 8 nitrogen and oxygen atoms in total. The SMILES string of the molecule is CCC(=O)NS(=O)(=O)c1ccc(C(F)(F)F)c(S(=O)(=O)NC(=O)CC)c1. The Morgan fingerprint density at radius 1 is 0.923 bits per heavy atom. The summed E-state index contributed by atoms with van der Waals surface area (Å²) in [5.74, 6) is -2.01. The zero-order valence-electron chi connectivity index (χ0n) is 13.5. The van der Waals surface area contributed by atoms with Crippen LogP contribution in [-0.2, 0) is 35.8 Å². The van der Waals surface area contributed by atoms with E-state index >= 15 is 0 Å². The molecule has 0 atom stereocenters. The molecule has 0 saturated heterocycles. The van der Waals surface area contributed by atoms with Crippen LogP contribution in [0.25, 0.3) is 0 Å². The maximum atomic E-state index is 13.1. The van der Waals surface area contributed by atoms with Gasteiger partial charge in [0.1, 0.15) is 4.90 Å². The van der Waals surface area contributed by atoms with Crippen molar-refractivity contribution in [3.8, 4) is 0 Å². The van der Waals surface area contributed by atoms with Gasteiger partial charge in [0.25, 0.3) is 20.0 Å². The fourth-order valence-electron chi connectivity index (χ4n) is 1.68. The number of alkyl halides is 3. The summed E-state index contributed by atoms with van der Waals surface area (Å²) in [6.45, 7) is 2.62. The minimum absolute atomic E-state index is 0.225. The third-order valence-corrected chi connectivity index (χ3v) is 5.78. The lowest BCUT2D eigenvalue weighted by Gasteiger charge is -2.15. The number of amides is 2. The molecule has 0 fully saturated rings. The second-order valence-corrected chi connectivity index (χ2v) is 8.25. The van der Waals surface area contributed by atoms with Crippen LogP contribution in [0, 0.1) is 0 Å². The third kappa shape index (κ3) is 5.17. The lowest BCUT2D eigenvalue weighted by atomic mass is 10.2. The van der Waals surface area contributed by atoms with E-state index in [4.69, 9.17) is 0 Å². The van der Waals surface area contributed by atoms with Gasteiger partial charge >= 0.3 is 6.18 Å². The molecule has 2 amide bonds. The van der Waals surface area contributed by atoms with E-state index in [1.54, 1.807) is 4.72 Å². The van der Waals surface area contributed by atoms with Crippen LogP contribution < -0.4 is 9.44 Å². The second-order valence-electron chi connectivity index (χ2n) is 4.92. The number of hydrogen-bond donors (Lipinski definition) is 2. The summed E-state index contributed by atoms with van der Waals surface area (Å²) in [7, 11) is -9.59. The van der Waals surface area contributed by atoms with E-state index in [1.165, 1.54) is 18.6 Å². The first-order chi connectivity index (χ1) is 11.7. The molecule has 1 rings (SSSR count). The van der Waals surface area contributed by atoms with Crippen LogP contribution in [-0.4, -0.2) is 28.6 Å². The highest BCUT2D eigenvalue weighted by Crippen LogP contribution is 2.35. The van der Waals surface area contributed by atoms with Gasteiger partial charge in [0.15, 0.2) is 0 Å². The minimum atomic E-state index is -5.13. The van der Waals surface area contributed by atoms with Crippen LogP contribution in [0.15, 0.2) is 28.0 Å². The van der Waals surface area contributed by atoms with Crippen molar-refractivity contribution >= 4 is 31.9 Å². The maximum absolute atomic E-state index is 13.1. The summed E-state index contributed by atoms with van der Waals surface area (Å²) in [4.78, 5) is 20.2. The Morgan fingerprint density at radius 3 is 1.81 bits per heavy atom. The molecule has 0 spiro atoms. The number of sulfonamides is 2. The van der Waals surface area contributed by atoms with Gasteiger partial charge in [-0.05, 0) is 18.2 Å². The Morgan fingerprint density at radius 2 is 1.38 bits per heavy atom. The van der Waals surface area contributed by atoms with Crippen LogP contribution in [0.2, 0.25) is 0 Å². The molecule has 2 N–H and O–H groups in total. The van der Waals surface area contributed by atoms with Gasteiger partial charge in [0.05, 0.1) is 10.5 Å². The molecule has 0 aliphatic rings. The molecular formula is C13H15F3N2O6S2. The Kier molecular flexibility index (Phi) is 6.41. The first-order valence-corrected chi connectivity index (χ1v) is 10.0. The normalized spacial score (nSPS) is 12.5. The van der Waals surface area contributed by atoms with E-state index in [-0.39, 0.29) is 25.0 Å². The highest BCUT2D eigenvalue weighted by Gasteiger charge is 2.38. The van der Waals surface area contributed by atoms with Crippen molar-refractivity contribution in [1.29, 1.82) is 0 Å². The van der Waals surface area contributed by atoms with Gasteiger partial charge in [-0.15, -0.1) is 0 Å². The van der Waals surface area contributed by atoms with Crippen LogP contribution in [0.4, 0.5) is 13.2 Å². The first kappa shape index (κ1) is 21.9. The molecule has 26 heavy (non-hydrogen) atoms. The number of nitrogens with one attached hydrogen (secondary N) is 2. The molecular weight excluding hydrogens is 401 g/mol. The van der Waals surface area contributed by atoms with Gasteiger partial charge in [-0.2, -0.15) is 13.2 Å². The van der Waals surface area contributed by atoms with Crippen molar-refractivity contribution in [2.45, 2.75) is 42.7 Å². The van der Waals surface area contributed by atoms with E-state index in [1.807, 2.05) is 0 Å². The molecule has 146 valence electrons. The van der Waals surface area contributed by atoms with Crippen molar-refractivity contribution in [2.75, 3.05) is 0 Å². The topological polar surface area (TPSA) is 126 Å². The Bertz CT molecular complexity index is 924. The molecule has 1 aromatic rings. The van der Waals surface area contributed by atoms with Gasteiger partial charge in [0, 0.05) is 12.8 Å². The Hall–Kier alpha value is -2.15. The maximum Gasteiger partial charge on any atom is 0.417 e. The number of benzene rings is 1. The molecule has 0 heterocycles. The number of halogens is 3. The van der Waals surface area contributed by atoms with Crippen molar-refractivity contribution in [2.24, 2.45) is 0 Å². The molecule has 13 heteroatoms. The standard InChI is InChI=1S/C13H15F3N2O6S2/c1-3-11(19)17-25(21,22)8-5-6-9(13(14,15)16)10(7-8)26(23,24)18-12(20)4-2/h5-7H,3-4H2,1-2H3,(H,17,19)(H,18,20). The second kappa shape index (κ2) is 7.61. The zero-order valence-corrected chi connectivity index (χ0v) is 15.2. The summed E-state index contributed by atoms with van der Waals surface area (Å²) < 4.78 is 90.6. The van der Waals surface area contributed by atoms with E-state index in [0.717, 1.165) is 0 Å². The van der Waals surface area contributed by atoms with Gasteiger partial charge in [0.2, 0.25) is 11.8 Å². The highest BCUT2D eigenvalue weighted by atomic mass is 32.2. The predicted octanol–water partition coefficient (Wildman–Crippen LogP) is 1.14. The van der Waals surface area contributed by atoms with Gasteiger partial charge in [-0.3, -0.25) is 9.59 Å². The molecule has 0 saturated carbocycles. The van der Waals surface area contributed by atoms with Crippen LogP contribution in [0.1, 0.15) is 32.3 Å². The lowest BCUT2D eigenvalue weighted by molar-refractivity contribution is -0.140. The summed E-state index contributed by atoms with van der Waals surface area (Å²) in [5, 5.41) is 0. The summed E-state index contributed by atoms with van der Waals surface area (Å²) in [5.41, 5.74) is -1.66. The number of carbonyl (C=O) groups is 2. The molecule has 0 aromatic heterocycles. The fraction of sp³-hybridized carbons (Fsp3) is 0.385. The van der Waals surface area contributed by atoms with Gasteiger partial charge < -0.3 is 0 Å². The number of carbonyl (C=O) groups excluding carboxylic acids is 2. The summed E-state index contributed by atoms with van der Waals surface area (Å²) in [6, 6.07) is 0.990. The largest absolute Gasteiger partial charge is 0.417 e. The van der Waals surface area contributed by atoms with E-state index in [0.29, 0.717) is 6.07 Å². The molecule has 0 aliphatic carbocycles. The molecule has 0 unspecified atom stereocenters. The number of rotatable bonds is 6. The smallest absolute Gasteiger partial charge is 0.274 e. The highest BCUT2D eigenvalue weighted by molar-refractivity contribution is 7.91. The van der Waals surface area contributed by atoms with Crippen molar-refractivity contribution in [3.05, 3.63) is 23.8 Å². The molecule has 0 bridgehead atoms. The van der Waals surface area contributed by atoms with E-state index in [2.05, 4.69) is 0 Å². The lowest BCUT2D eigenvalue weighted by Crippen LogP contribution is -2.33. The number of hydrogen-bond acceptors (Lipinski definition) is 6. The Labute approximate surface area is 147 Å². The average Bonchev–Trinajstić information content (AvgIpc) is 2.52. The van der Waals surface area contributed by atoms with Crippen LogP contribution in [0.5, 0.6) is 0 Å². The summed E-state index contributed by atoms with van der Waals surface area (Å²) >= 11 is 0. The van der Waals surface area contributed by atoms with Crippen molar-refractivity contribution in [1.82, 2.24) is 9.44 Å². The predicted molar refractivity (Wildman–Crippen MR) is 82.7 cm³/mol. The third-order valence-electron chi connectivity index (χ3n) is 3.00. The molecule has 0 aliphatic heterocycles. The molecule has 1 aromatic carbocycles. The molecule has 0 radical (unpaired) electrons. The quantitative estimate of drug-likeness (QED) is 0.716. The summed E-state index contributed by atoms with van der Waals surface area (Å²) in [6.07, 6.45) is -5.68. The zero-order chi connectivity index (χ0) is 20.3. The van der Waals surface area contributed by atoms with Crippen molar-refractivity contribution in [3.63, 3.8) is 0 Å². The van der Waals surface area contributed by atoms with Crippen LogP contribution in [0.3, 0.4) is 0 Å². The first-order valence-electron chi connectivity index (χ1n) is 7.07. The Balaban J connectivity index is 3.61. The average molecular weight is 416 g/mol. The van der Waals surface area contributed by atoms with Crippen LogP contribution >= 0.6 is 0 Å². The van der Waals surface area contributed by atoms with Crippen molar-refractivity contribution < 1.29 is 39.6 Å². The van der Waals surface area contributed by atoms with Gasteiger partial charge in [-0.25, -0.2) is 26.3 Å². The van der Waals surface area contributed by atoms with E-state index < -0.39 is 53.4 Å². The monoisotopic (exact) mass is 416 g/mol.